The minimum atomic E-state index is -0.239. The summed E-state index contributed by atoms with van der Waals surface area (Å²) < 4.78 is 10.9. The van der Waals surface area contributed by atoms with Gasteiger partial charge in [-0.05, 0) is 29.8 Å². The van der Waals surface area contributed by atoms with Crippen LogP contribution < -0.4 is 0 Å². The molecule has 1 fully saturated rings. The maximum atomic E-state index is 5.89. The predicted octanol–water partition coefficient (Wildman–Crippen LogP) is 4.16. The number of hydrogen-bond donors (Lipinski definition) is 0. The van der Waals surface area contributed by atoms with E-state index in [1.165, 1.54) is 0 Å². The Kier molecular flexibility index (Phi) is 3.54. The topological polar surface area (TPSA) is 31.4 Å². The highest BCUT2D eigenvalue weighted by molar-refractivity contribution is 7.15. The van der Waals surface area contributed by atoms with Crippen LogP contribution >= 0.6 is 34.5 Å². The first kappa shape index (κ1) is 12.4. The Hall–Kier alpha value is -0.650. The first-order valence-electron chi connectivity index (χ1n) is 5.39. The molecular formula is C12H9Cl2NO2S. The Morgan fingerprint density at radius 2 is 1.78 bits per heavy atom. The lowest BCUT2D eigenvalue weighted by Crippen LogP contribution is -1.93. The van der Waals surface area contributed by atoms with E-state index in [0.717, 1.165) is 15.3 Å². The molecule has 1 aliphatic heterocycles. The summed E-state index contributed by atoms with van der Waals surface area (Å²) in [6.45, 7) is 1.29. The van der Waals surface area contributed by atoms with Gasteiger partial charge in [0.25, 0.3) is 0 Å². The van der Waals surface area contributed by atoms with E-state index in [9.17, 15) is 0 Å². The summed E-state index contributed by atoms with van der Waals surface area (Å²) in [6, 6.07) is 7.59. The highest BCUT2D eigenvalue weighted by atomic mass is 35.5. The molecule has 2 aromatic heterocycles. The number of nitrogens with zero attached hydrogens (tertiary/aromatic N) is 1. The molecule has 1 aliphatic rings. The van der Waals surface area contributed by atoms with E-state index in [1.807, 2.05) is 12.1 Å². The van der Waals surface area contributed by atoms with Crippen LogP contribution in [0.25, 0.3) is 10.4 Å². The van der Waals surface area contributed by atoms with E-state index in [0.29, 0.717) is 23.5 Å². The average molecular weight is 302 g/mol. The molecule has 0 saturated carbocycles. The molecule has 0 aromatic carbocycles. The van der Waals surface area contributed by atoms with E-state index >= 15 is 0 Å². The molecule has 0 unspecified atom stereocenters. The molecule has 94 valence electrons. The summed E-state index contributed by atoms with van der Waals surface area (Å²) in [5, 5.41) is 0.779. The van der Waals surface area contributed by atoms with Crippen LogP contribution in [0.3, 0.4) is 0 Å². The van der Waals surface area contributed by atoms with Gasteiger partial charge in [0, 0.05) is 4.88 Å². The molecule has 0 amide bonds. The van der Waals surface area contributed by atoms with Gasteiger partial charge in [-0.2, -0.15) is 0 Å². The standard InChI is InChI=1S/C12H9Cl2NO2S/c13-10-5-7(6-11(14)15-10)8-1-2-9(18-8)12-16-3-4-17-12/h1-2,5-6,12H,3-4H2. The predicted molar refractivity (Wildman–Crippen MR) is 72.2 cm³/mol. The Bertz CT molecular complexity index is 547. The SMILES string of the molecule is Clc1cc(-c2ccc(C3OCCO3)s2)cc(Cl)n1. The maximum Gasteiger partial charge on any atom is 0.193 e. The largest absolute Gasteiger partial charge is 0.345 e. The van der Waals surface area contributed by atoms with Gasteiger partial charge in [-0.1, -0.05) is 23.2 Å². The summed E-state index contributed by atoms with van der Waals surface area (Å²) in [7, 11) is 0. The van der Waals surface area contributed by atoms with Crippen molar-refractivity contribution in [3.8, 4) is 10.4 Å². The lowest BCUT2D eigenvalue weighted by Gasteiger charge is -2.05. The van der Waals surface area contributed by atoms with Crippen LogP contribution in [-0.2, 0) is 9.47 Å². The fourth-order valence-corrected chi connectivity index (χ4v) is 3.22. The fraction of sp³-hybridized carbons (Fsp3) is 0.250. The van der Waals surface area contributed by atoms with Crippen molar-refractivity contribution in [2.45, 2.75) is 6.29 Å². The summed E-state index contributed by atoms with van der Waals surface area (Å²) in [5.41, 5.74) is 0.953. The number of thiophene rings is 1. The third-order valence-corrected chi connectivity index (χ3v) is 4.07. The Labute approximate surface area is 118 Å². The van der Waals surface area contributed by atoms with Gasteiger partial charge < -0.3 is 9.47 Å². The molecule has 0 N–H and O–H groups in total. The quantitative estimate of drug-likeness (QED) is 0.780. The van der Waals surface area contributed by atoms with E-state index in [1.54, 1.807) is 23.5 Å². The highest BCUT2D eigenvalue weighted by Crippen LogP contribution is 2.36. The van der Waals surface area contributed by atoms with Gasteiger partial charge in [0.2, 0.25) is 0 Å². The van der Waals surface area contributed by atoms with Gasteiger partial charge in [-0.25, -0.2) is 4.98 Å². The molecular weight excluding hydrogens is 293 g/mol. The lowest BCUT2D eigenvalue weighted by molar-refractivity contribution is -0.0413. The summed E-state index contributed by atoms with van der Waals surface area (Å²) in [5.74, 6) is 0. The molecule has 0 bridgehead atoms. The number of aromatic nitrogens is 1. The van der Waals surface area contributed by atoms with Crippen LogP contribution in [0.4, 0.5) is 0 Å². The van der Waals surface area contributed by atoms with Gasteiger partial charge >= 0.3 is 0 Å². The zero-order chi connectivity index (χ0) is 12.5. The second-order valence-electron chi connectivity index (χ2n) is 3.78. The number of rotatable bonds is 2. The molecule has 2 aromatic rings. The van der Waals surface area contributed by atoms with Crippen molar-refractivity contribution in [2.75, 3.05) is 13.2 Å². The second kappa shape index (κ2) is 5.15. The van der Waals surface area contributed by atoms with Gasteiger partial charge in [-0.3, -0.25) is 0 Å². The molecule has 3 nitrogen and oxygen atoms in total. The molecule has 3 rings (SSSR count). The first-order chi connectivity index (χ1) is 8.72. The third kappa shape index (κ3) is 2.53. The van der Waals surface area contributed by atoms with Gasteiger partial charge in [0.05, 0.1) is 18.1 Å². The van der Waals surface area contributed by atoms with Gasteiger partial charge in [-0.15, -0.1) is 11.3 Å². The van der Waals surface area contributed by atoms with E-state index < -0.39 is 0 Å². The number of ether oxygens (including phenoxy) is 2. The minimum absolute atomic E-state index is 0.239. The number of hydrogen-bond acceptors (Lipinski definition) is 4. The first-order valence-corrected chi connectivity index (χ1v) is 6.96. The van der Waals surface area contributed by atoms with Crippen LogP contribution in [0.1, 0.15) is 11.2 Å². The smallest absolute Gasteiger partial charge is 0.193 e. The maximum absolute atomic E-state index is 5.89. The van der Waals surface area contributed by atoms with Crippen LogP contribution in [-0.4, -0.2) is 18.2 Å². The van der Waals surface area contributed by atoms with Crippen molar-refractivity contribution in [2.24, 2.45) is 0 Å². The highest BCUT2D eigenvalue weighted by Gasteiger charge is 2.20. The summed E-state index contributed by atoms with van der Waals surface area (Å²) in [6.07, 6.45) is -0.239. The molecule has 6 heteroatoms. The van der Waals surface area contributed by atoms with Crippen molar-refractivity contribution < 1.29 is 9.47 Å². The number of halogens is 2. The monoisotopic (exact) mass is 301 g/mol. The second-order valence-corrected chi connectivity index (χ2v) is 5.67. The normalized spacial score (nSPS) is 16.3. The molecule has 1 saturated heterocycles. The molecule has 0 atom stereocenters. The minimum Gasteiger partial charge on any atom is -0.345 e. The van der Waals surface area contributed by atoms with Crippen molar-refractivity contribution >= 4 is 34.5 Å². The van der Waals surface area contributed by atoms with Crippen LogP contribution in [0.15, 0.2) is 24.3 Å². The zero-order valence-corrected chi connectivity index (χ0v) is 11.6. The van der Waals surface area contributed by atoms with Gasteiger partial charge in [0.15, 0.2) is 6.29 Å². The lowest BCUT2D eigenvalue weighted by atomic mass is 10.2. The van der Waals surface area contributed by atoms with Crippen LogP contribution in [0, 0.1) is 0 Å². The Morgan fingerprint density at radius 3 is 2.44 bits per heavy atom. The van der Waals surface area contributed by atoms with Crippen molar-refractivity contribution in [1.29, 1.82) is 0 Å². The van der Waals surface area contributed by atoms with Crippen molar-refractivity contribution in [3.05, 3.63) is 39.4 Å². The third-order valence-electron chi connectivity index (χ3n) is 2.53. The van der Waals surface area contributed by atoms with E-state index in [4.69, 9.17) is 32.7 Å². The van der Waals surface area contributed by atoms with Crippen LogP contribution in [0.2, 0.25) is 10.3 Å². The molecule has 0 radical (unpaired) electrons. The molecule has 0 spiro atoms. The van der Waals surface area contributed by atoms with Crippen molar-refractivity contribution in [1.82, 2.24) is 4.98 Å². The Morgan fingerprint density at radius 1 is 1.11 bits per heavy atom. The number of pyridine rings is 1. The van der Waals surface area contributed by atoms with Gasteiger partial charge in [0.1, 0.15) is 10.3 Å². The summed E-state index contributed by atoms with van der Waals surface area (Å²) in [4.78, 5) is 6.04. The zero-order valence-electron chi connectivity index (χ0n) is 9.23. The fourth-order valence-electron chi connectivity index (χ4n) is 1.76. The summed E-state index contributed by atoms with van der Waals surface area (Å²) >= 11 is 13.4. The van der Waals surface area contributed by atoms with E-state index in [-0.39, 0.29) is 6.29 Å². The molecule has 0 aliphatic carbocycles. The van der Waals surface area contributed by atoms with E-state index in [2.05, 4.69) is 4.98 Å². The molecule has 18 heavy (non-hydrogen) atoms. The van der Waals surface area contributed by atoms with Crippen molar-refractivity contribution in [3.63, 3.8) is 0 Å². The Balaban J connectivity index is 1.92. The average Bonchev–Trinajstić information content (AvgIpc) is 2.99. The van der Waals surface area contributed by atoms with Crippen LogP contribution in [0.5, 0.6) is 0 Å². The molecule has 3 heterocycles.